The Bertz CT molecular complexity index is 414. The van der Waals surface area contributed by atoms with Crippen molar-refractivity contribution in [1.29, 1.82) is 0 Å². The first-order valence-electron chi connectivity index (χ1n) is 7.60. The highest BCUT2D eigenvalue weighted by Gasteiger charge is 2.29. The van der Waals surface area contributed by atoms with Crippen molar-refractivity contribution in [2.45, 2.75) is 45.6 Å². The summed E-state index contributed by atoms with van der Waals surface area (Å²) in [5, 5.41) is 0. The Balaban J connectivity index is 2.05. The van der Waals surface area contributed by atoms with Gasteiger partial charge in [-0.25, -0.2) is 0 Å². The monoisotopic (exact) mass is 277 g/mol. The van der Waals surface area contributed by atoms with E-state index in [0.717, 1.165) is 23.1 Å². The second kappa shape index (κ2) is 7.04. The molecular formula is C16H27N3O. The molecule has 20 heavy (non-hydrogen) atoms. The summed E-state index contributed by atoms with van der Waals surface area (Å²) in [6.07, 6.45) is 8.69. The second-order valence-corrected chi connectivity index (χ2v) is 6.22. The standard InChI is InChI=1S/C16H27N3O/c1-11(2)12-4-6-13(7-5-12)16(19-17)14-8-15(20-3)10-18-9-14/h8-13,16,19H,4-7,17H2,1-3H3. The average molecular weight is 277 g/mol. The topological polar surface area (TPSA) is 60.2 Å². The number of aromatic nitrogens is 1. The van der Waals surface area contributed by atoms with Crippen LogP contribution >= 0.6 is 0 Å². The minimum Gasteiger partial charge on any atom is -0.495 e. The molecule has 1 atom stereocenters. The maximum absolute atomic E-state index is 5.80. The van der Waals surface area contributed by atoms with Crippen LogP contribution in [0.4, 0.5) is 0 Å². The summed E-state index contributed by atoms with van der Waals surface area (Å²) in [6.45, 7) is 4.66. The molecule has 0 amide bonds. The van der Waals surface area contributed by atoms with E-state index in [-0.39, 0.29) is 6.04 Å². The van der Waals surface area contributed by atoms with Gasteiger partial charge < -0.3 is 4.74 Å². The predicted octanol–water partition coefficient (Wildman–Crippen LogP) is 3.06. The summed E-state index contributed by atoms with van der Waals surface area (Å²) in [5.74, 6) is 8.84. The van der Waals surface area contributed by atoms with E-state index in [0.29, 0.717) is 5.92 Å². The molecule has 2 rings (SSSR count). The van der Waals surface area contributed by atoms with Crippen molar-refractivity contribution in [2.24, 2.45) is 23.6 Å². The van der Waals surface area contributed by atoms with E-state index in [4.69, 9.17) is 10.6 Å². The Labute approximate surface area is 122 Å². The van der Waals surface area contributed by atoms with Crippen molar-refractivity contribution in [3.05, 3.63) is 24.0 Å². The SMILES string of the molecule is COc1cncc(C(NN)C2CCC(C(C)C)CC2)c1. The number of nitrogens with zero attached hydrogens (tertiary/aromatic N) is 1. The van der Waals surface area contributed by atoms with Gasteiger partial charge in [0, 0.05) is 6.20 Å². The van der Waals surface area contributed by atoms with E-state index < -0.39 is 0 Å². The normalized spacial score (nSPS) is 24.6. The molecule has 1 aliphatic carbocycles. The molecule has 1 fully saturated rings. The smallest absolute Gasteiger partial charge is 0.137 e. The van der Waals surface area contributed by atoms with Crippen molar-refractivity contribution in [3.8, 4) is 5.75 Å². The van der Waals surface area contributed by atoms with Crippen LogP contribution in [0.25, 0.3) is 0 Å². The minimum atomic E-state index is 0.172. The van der Waals surface area contributed by atoms with Gasteiger partial charge in [-0.1, -0.05) is 13.8 Å². The summed E-state index contributed by atoms with van der Waals surface area (Å²) < 4.78 is 5.25. The molecule has 0 spiro atoms. The molecule has 0 radical (unpaired) electrons. The summed E-state index contributed by atoms with van der Waals surface area (Å²) in [7, 11) is 1.67. The van der Waals surface area contributed by atoms with Crippen molar-refractivity contribution < 1.29 is 4.74 Å². The first-order chi connectivity index (χ1) is 9.65. The van der Waals surface area contributed by atoms with E-state index >= 15 is 0 Å². The lowest BCUT2D eigenvalue weighted by atomic mass is 9.73. The zero-order valence-corrected chi connectivity index (χ0v) is 12.8. The van der Waals surface area contributed by atoms with Crippen molar-refractivity contribution >= 4 is 0 Å². The third-order valence-corrected chi connectivity index (χ3v) is 4.74. The van der Waals surface area contributed by atoms with Crippen LogP contribution < -0.4 is 16.0 Å². The van der Waals surface area contributed by atoms with Crippen molar-refractivity contribution in [1.82, 2.24) is 10.4 Å². The van der Waals surface area contributed by atoms with Gasteiger partial charge in [0.1, 0.15) is 5.75 Å². The summed E-state index contributed by atoms with van der Waals surface area (Å²) in [5.41, 5.74) is 4.11. The fourth-order valence-electron chi connectivity index (χ4n) is 3.37. The van der Waals surface area contributed by atoms with Crippen LogP contribution in [0.15, 0.2) is 18.5 Å². The largest absolute Gasteiger partial charge is 0.495 e. The highest BCUT2D eigenvalue weighted by Crippen LogP contribution is 2.39. The van der Waals surface area contributed by atoms with Gasteiger partial charge in [-0.05, 0) is 55.1 Å². The molecule has 112 valence electrons. The number of nitrogens with one attached hydrogen (secondary N) is 1. The number of pyridine rings is 1. The quantitative estimate of drug-likeness (QED) is 0.641. The van der Waals surface area contributed by atoms with E-state index in [1.54, 1.807) is 13.3 Å². The second-order valence-electron chi connectivity index (χ2n) is 6.22. The molecule has 4 nitrogen and oxygen atoms in total. The maximum atomic E-state index is 5.80. The van der Waals surface area contributed by atoms with Gasteiger partial charge in [-0.2, -0.15) is 0 Å². The Morgan fingerprint density at radius 1 is 1.20 bits per heavy atom. The maximum Gasteiger partial charge on any atom is 0.137 e. The van der Waals surface area contributed by atoms with Gasteiger partial charge in [-0.15, -0.1) is 0 Å². The number of nitrogens with two attached hydrogens (primary N) is 1. The average Bonchev–Trinajstić information content (AvgIpc) is 2.49. The van der Waals surface area contributed by atoms with E-state index in [2.05, 4.69) is 24.3 Å². The molecule has 0 saturated heterocycles. The highest BCUT2D eigenvalue weighted by molar-refractivity contribution is 5.26. The molecule has 0 aliphatic heterocycles. The molecule has 3 N–H and O–H groups in total. The van der Waals surface area contributed by atoms with Crippen LogP contribution in [0.1, 0.15) is 51.1 Å². The van der Waals surface area contributed by atoms with Gasteiger partial charge in [0.2, 0.25) is 0 Å². The first-order valence-corrected chi connectivity index (χ1v) is 7.60. The molecule has 0 bridgehead atoms. The van der Waals surface area contributed by atoms with E-state index in [9.17, 15) is 0 Å². The van der Waals surface area contributed by atoms with Crippen LogP contribution in [-0.2, 0) is 0 Å². The number of ether oxygens (including phenoxy) is 1. The molecule has 1 aliphatic rings. The third kappa shape index (κ3) is 3.49. The van der Waals surface area contributed by atoms with Gasteiger partial charge in [0.05, 0.1) is 19.3 Å². The van der Waals surface area contributed by atoms with Gasteiger partial charge in [0.15, 0.2) is 0 Å². The predicted molar refractivity (Wildman–Crippen MR) is 81.1 cm³/mol. The van der Waals surface area contributed by atoms with Crippen LogP contribution in [0.2, 0.25) is 0 Å². The molecule has 1 heterocycles. The molecular weight excluding hydrogens is 250 g/mol. The number of hydrogen-bond acceptors (Lipinski definition) is 4. The Morgan fingerprint density at radius 2 is 1.85 bits per heavy atom. The van der Waals surface area contributed by atoms with Crippen LogP contribution in [0, 0.1) is 17.8 Å². The summed E-state index contributed by atoms with van der Waals surface area (Å²) >= 11 is 0. The Hall–Kier alpha value is -1.13. The lowest BCUT2D eigenvalue weighted by Crippen LogP contribution is -2.36. The third-order valence-electron chi connectivity index (χ3n) is 4.74. The van der Waals surface area contributed by atoms with Crippen molar-refractivity contribution in [3.63, 3.8) is 0 Å². The van der Waals surface area contributed by atoms with Gasteiger partial charge in [0.25, 0.3) is 0 Å². The van der Waals surface area contributed by atoms with Crippen LogP contribution in [-0.4, -0.2) is 12.1 Å². The zero-order chi connectivity index (χ0) is 14.5. The zero-order valence-electron chi connectivity index (χ0n) is 12.8. The fraction of sp³-hybridized carbons (Fsp3) is 0.688. The van der Waals surface area contributed by atoms with Crippen molar-refractivity contribution in [2.75, 3.05) is 7.11 Å². The molecule has 4 heteroatoms. The van der Waals surface area contributed by atoms with Crippen LogP contribution in [0.5, 0.6) is 5.75 Å². The highest BCUT2D eigenvalue weighted by atomic mass is 16.5. The van der Waals surface area contributed by atoms with Gasteiger partial charge >= 0.3 is 0 Å². The lowest BCUT2D eigenvalue weighted by Gasteiger charge is -2.35. The van der Waals surface area contributed by atoms with E-state index in [1.165, 1.54) is 25.7 Å². The number of hydrazine groups is 1. The molecule has 1 aromatic rings. The Morgan fingerprint density at radius 3 is 2.40 bits per heavy atom. The minimum absolute atomic E-state index is 0.172. The number of rotatable bonds is 5. The number of methoxy groups -OCH3 is 1. The molecule has 1 aromatic heterocycles. The van der Waals surface area contributed by atoms with Gasteiger partial charge in [-0.3, -0.25) is 16.3 Å². The fourth-order valence-corrected chi connectivity index (χ4v) is 3.37. The summed E-state index contributed by atoms with van der Waals surface area (Å²) in [4.78, 5) is 4.24. The first kappa shape index (κ1) is 15.3. The molecule has 1 saturated carbocycles. The molecule has 1 unspecified atom stereocenters. The van der Waals surface area contributed by atoms with E-state index in [1.807, 2.05) is 12.3 Å². The van der Waals surface area contributed by atoms with Crippen LogP contribution in [0.3, 0.4) is 0 Å². The lowest BCUT2D eigenvalue weighted by molar-refractivity contribution is 0.189. The summed E-state index contributed by atoms with van der Waals surface area (Å²) in [6, 6.07) is 2.21. The number of hydrogen-bond donors (Lipinski definition) is 2. The molecule has 0 aromatic carbocycles. The Kier molecular flexibility index (Phi) is 5.38.